The molecule has 1 fully saturated rings. The van der Waals surface area contributed by atoms with Gasteiger partial charge in [-0.2, -0.15) is 0 Å². The molecule has 144 valence electrons. The number of hydrogen-bond donors (Lipinski definition) is 1. The van der Waals surface area contributed by atoms with Crippen molar-refractivity contribution < 1.29 is 9.59 Å². The van der Waals surface area contributed by atoms with E-state index in [-0.39, 0.29) is 11.8 Å². The lowest BCUT2D eigenvalue weighted by Crippen LogP contribution is -2.42. The number of carbonyl (C=O) groups is 2. The molecule has 1 aromatic carbocycles. The molecule has 0 bridgehead atoms. The third kappa shape index (κ3) is 2.54. The Morgan fingerprint density at radius 2 is 1.93 bits per heavy atom. The van der Waals surface area contributed by atoms with Crippen LogP contribution >= 0.6 is 0 Å². The molecule has 1 saturated heterocycles. The second-order valence-corrected chi connectivity index (χ2v) is 7.43. The number of fused-ring (bicyclic) bond motifs is 2. The molecular formula is C22H19N5O2. The van der Waals surface area contributed by atoms with Crippen molar-refractivity contribution in [3.8, 4) is 0 Å². The van der Waals surface area contributed by atoms with Crippen molar-refractivity contribution in [1.29, 1.82) is 0 Å². The third-order valence-electron chi connectivity index (χ3n) is 5.88. The van der Waals surface area contributed by atoms with Crippen molar-refractivity contribution in [2.75, 3.05) is 11.9 Å². The van der Waals surface area contributed by atoms with E-state index in [4.69, 9.17) is 0 Å². The fourth-order valence-electron chi connectivity index (χ4n) is 4.58. The van der Waals surface area contributed by atoms with E-state index in [0.717, 1.165) is 16.8 Å². The molecule has 0 aliphatic carbocycles. The van der Waals surface area contributed by atoms with Gasteiger partial charge in [-0.05, 0) is 36.6 Å². The maximum Gasteiger partial charge on any atom is 0.257 e. The number of benzene rings is 1. The van der Waals surface area contributed by atoms with Gasteiger partial charge in [-0.25, -0.2) is 9.97 Å². The molecule has 29 heavy (non-hydrogen) atoms. The van der Waals surface area contributed by atoms with Gasteiger partial charge in [-0.3, -0.25) is 14.6 Å². The average molecular weight is 385 g/mol. The van der Waals surface area contributed by atoms with E-state index in [2.05, 4.69) is 20.3 Å². The summed E-state index contributed by atoms with van der Waals surface area (Å²) in [6, 6.07) is 11.0. The average Bonchev–Trinajstić information content (AvgIpc) is 3.28. The van der Waals surface area contributed by atoms with Crippen molar-refractivity contribution >= 4 is 17.5 Å². The van der Waals surface area contributed by atoms with Crippen molar-refractivity contribution in [3.05, 3.63) is 83.7 Å². The van der Waals surface area contributed by atoms with E-state index in [1.807, 2.05) is 36.4 Å². The molecule has 7 heteroatoms. The summed E-state index contributed by atoms with van der Waals surface area (Å²) in [5, 5.41) is 3.01. The van der Waals surface area contributed by atoms with Crippen LogP contribution in [-0.4, -0.2) is 38.2 Å². The van der Waals surface area contributed by atoms with E-state index in [9.17, 15) is 9.59 Å². The van der Waals surface area contributed by atoms with Gasteiger partial charge in [0.15, 0.2) is 0 Å². The van der Waals surface area contributed by atoms with Crippen LogP contribution in [0.2, 0.25) is 0 Å². The number of rotatable bonds is 2. The lowest BCUT2D eigenvalue weighted by Gasteiger charge is -2.34. The van der Waals surface area contributed by atoms with Gasteiger partial charge in [-0.1, -0.05) is 24.3 Å². The Morgan fingerprint density at radius 1 is 1.14 bits per heavy atom. The number of likely N-dealkylation sites (tertiary alicyclic amines) is 1. The number of carbonyl (C=O) groups excluding carboxylic acids is 2. The van der Waals surface area contributed by atoms with E-state index in [1.54, 1.807) is 36.6 Å². The van der Waals surface area contributed by atoms with Crippen molar-refractivity contribution in [2.24, 2.45) is 0 Å². The van der Waals surface area contributed by atoms with Crippen LogP contribution in [0.25, 0.3) is 0 Å². The summed E-state index contributed by atoms with van der Waals surface area (Å²) in [6.45, 7) is 2.23. The van der Waals surface area contributed by atoms with Crippen LogP contribution in [0.4, 0.5) is 5.69 Å². The molecule has 2 aliphatic heterocycles. The number of para-hydroxylation sites is 1. The van der Waals surface area contributed by atoms with Gasteiger partial charge in [0.1, 0.15) is 11.2 Å². The van der Waals surface area contributed by atoms with E-state index in [1.165, 1.54) is 0 Å². The summed E-state index contributed by atoms with van der Waals surface area (Å²) in [7, 11) is 0. The number of pyridine rings is 1. The highest BCUT2D eigenvalue weighted by molar-refractivity contribution is 6.08. The molecule has 3 aromatic rings. The highest BCUT2D eigenvalue weighted by Crippen LogP contribution is 2.54. The molecule has 0 radical (unpaired) electrons. The number of hydrogen-bond acceptors (Lipinski definition) is 5. The maximum atomic E-state index is 13.4. The fourth-order valence-corrected chi connectivity index (χ4v) is 4.58. The Hall–Kier alpha value is -3.61. The number of nitrogens with one attached hydrogen (secondary N) is 1. The van der Waals surface area contributed by atoms with Gasteiger partial charge in [0.25, 0.3) is 5.91 Å². The topological polar surface area (TPSA) is 88.1 Å². The Balaban J connectivity index is 1.66. The number of anilines is 1. The zero-order valence-electron chi connectivity index (χ0n) is 15.9. The predicted molar refractivity (Wildman–Crippen MR) is 106 cm³/mol. The van der Waals surface area contributed by atoms with Gasteiger partial charge in [-0.15, -0.1) is 0 Å². The summed E-state index contributed by atoms with van der Waals surface area (Å²) >= 11 is 0. The minimum absolute atomic E-state index is 0.0805. The number of aromatic nitrogens is 3. The Morgan fingerprint density at radius 3 is 2.69 bits per heavy atom. The molecule has 2 amide bonds. The number of nitrogens with zero attached hydrogens (tertiary/aromatic N) is 4. The Labute approximate surface area is 167 Å². The van der Waals surface area contributed by atoms with E-state index in [0.29, 0.717) is 24.4 Å². The van der Waals surface area contributed by atoms with E-state index < -0.39 is 11.5 Å². The van der Waals surface area contributed by atoms with Crippen molar-refractivity contribution in [3.63, 3.8) is 0 Å². The first-order chi connectivity index (χ1) is 14.1. The summed E-state index contributed by atoms with van der Waals surface area (Å²) < 4.78 is 0. The fraction of sp³-hybridized carbons (Fsp3) is 0.227. The molecule has 2 aliphatic rings. The zero-order chi connectivity index (χ0) is 20.0. The Bertz CT molecular complexity index is 1100. The number of aryl methyl sites for hydroxylation is 1. The minimum atomic E-state index is -0.846. The SMILES string of the molecule is Cc1ncc(C(=O)N2CCC3(C(=O)Nc4ccccc43)C2c2cccnc2)cn1. The van der Waals surface area contributed by atoms with Gasteiger partial charge < -0.3 is 10.2 Å². The van der Waals surface area contributed by atoms with Crippen molar-refractivity contribution in [1.82, 2.24) is 19.9 Å². The molecule has 2 aromatic heterocycles. The first kappa shape index (κ1) is 17.5. The first-order valence-electron chi connectivity index (χ1n) is 9.52. The second kappa shape index (κ2) is 6.48. The number of amides is 2. The lowest BCUT2D eigenvalue weighted by molar-refractivity contribution is -0.121. The van der Waals surface area contributed by atoms with Crippen LogP contribution < -0.4 is 5.32 Å². The normalized spacial score (nSPS) is 22.6. The van der Waals surface area contributed by atoms with Crippen LogP contribution in [0.5, 0.6) is 0 Å². The molecule has 2 unspecified atom stereocenters. The van der Waals surface area contributed by atoms with E-state index >= 15 is 0 Å². The summed E-state index contributed by atoms with van der Waals surface area (Å²) in [4.78, 5) is 41.0. The molecule has 7 nitrogen and oxygen atoms in total. The minimum Gasteiger partial charge on any atom is -0.330 e. The van der Waals surface area contributed by atoms with Crippen molar-refractivity contribution in [2.45, 2.75) is 24.8 Å². The van der Waals surface area contributed by atoms with Gasteiger partial charge in [0.2, 0.25) is 5.91 Å². The molecule has 4 heterocycles. The van der Waals surface area contributed by atoms with Crippen LogP contribution in [0.1, 0.15) is 39.8 Å². The summed E-state index contributed by atoms with van der Waals surface area (Å²) in [6.07, 6.45) is 7.04. The second-order valence-electron chi connectivity index (χ2n) is 7.43. The molecule has 0 saturated carbocycles. The van der Waals surface area contributed by atoms with Gasteiger partial charge in [0, 0.05) is 37.0 Å². The molecular weight excluding hydrogens is 366 g/mol. The summed E-state index contributed by atoms with van der Waals surface area (Å²) in [5.74, 6) is 0.336. The molecule has 1 spiro atoms. The quantitative estimate of drug-likeness (QED) is 0.733. The monoisotopic (exact) mass is 385 g/mol. The molecule has 1 N–H and O–H groups in total. The molecule has 2 atom stereocenters. The predicted octanol–water partition coefficient (Wildman–Crippen LogP) is 2.66. The summed E-state index contributed by atoms with van der Waals surface area (Å²) in [5.41, 5.74) is 2.13. The van der Waals surface area contributed by atoms with Crippen LogP contribution in [0, 0.1) is 6.92 Å². The largest absolute Gasteiger partial charge is 0.330 e. The van der Waals surface area contributed by atoms with Crippen LogP contribution in [0.15, 0.2) is 61.2 Å². The van der Waals surface area contributed by atoms with Crippen LogP contribution in [0.3, 0.4) is 0 Å². The molecule has 5 rings (SSSR count). The third-order valence-corrected chi connectivity index (χ3v) is 5.88. The zero-order valence-corrected chi connectivity index (χ0v) is 15.9. The van der Waals surface area contributed by atoms with Gasteiger partial charge >= 0.3 is 0 Å². The highest BCUT2D eigenvalue weighted by atomic mass is 16.2. The lowest BCUT2D eigenvalue weighted by atomic mass is 9.73. The first-order valence-corrected chi connectivity index (χ1v) is 9.52. The highest BCUT2D eigenvalue weighted by Gasteiger charge is 2.59. The maximum absolute atomic E-state index is 13.4. The van der Waals surface area contributed by atoms with Crippen LogP contribution in [-0.2, 0) is 10.2 Å². The standard InChI is InChI=1S/C22H19N5O2/c1-14-24-12-16(13-25-14)20(28)27-10-8-22(19(27)15-5-4-9-23-11-15)17-6-2-3-7-18(17)26-21(22)29/h2-7,9,11-13,19H,8,10H2,1H3,(H,26,29). The Kier molecular flexibility index (Phi) is 3.91. The smallest absolute Gasteiger partial charge is 0.257 e. The van der Waals surface area contributed by atoms with Gasteiger partial charge in [0.05, 0.1) is 11.6 Å².